The number of piperidine rings is 1. The number of aryl methyl sites for hydroxylation is 1. The van der Waals surface area contributed by atoms with Crippen LogP contribution in [-0.2, 0) is 0 Å². The van der Waals surface area contributed by atoms with E-state index in [1.165, 1.54) is 19.3 Å². The summed E-state index contributed by atoms with van der Waals surface area (Å²) in [5, 5.41) is 3.45. The third-order valence-corrected chi connectivity index (χ3v) is 2.79. The van der Waals surface area contributed by atoms with Gasteiger partial charge in [0.05, 0.1) is 11.7 Å². The fraction of sp³-hybridized carbons (Fsp3) is 0.667. The molecule has 1 N–H and O–H groups in total. The minimum atomic E-state index is 0.392. The van der Waals surface area contributed by atoms with Crippen molar-refractivity contribution in [3.05, 3.63) is 16.3 Å². The van der Waals surface area contributed by atoms with Crippen LogP contribution in [0.1, 0.15) is 36.8 Å². The molecule has 1 aliphatic heterocycles. The van der Waals surface area contributed by atoms with Crippen LogP contribution in [0.15, 0.2) is 9.22 Å². The van der Waals surface area contributed by atoms with Gasteiger partial charge in [0.1, 0.15) is 5.76 Å². The van der Waals surface area contributed by atoms with Gasteiger partial charge in [-0.15, -0.1) is 0 Å². The number of nitrogens with one attached hydrogen (secondary N) is 1. The molecule has 1 aliphatic rings. The topological polar surface area (TPSA) is 38.1 Å². The summed E-state index contributed by atoms with van der Waals surface area (Å²) in [4.78, 5) is 4.91. The first-order valence-corrected chi connectivity index (χ1v) is 5.43. The molecule has 2 rings (SSSR count). The molecule has 0 radical (unpaired) electrons. The van der Waals surface area contributed by atoms with Gasteiger partial charge in [0.25, 0.3) is 4.80 Å². The Morgan fingerprint density at radius 1 is 1.54 bits per heavy atom. The van der Waals surface area contributed by atoms with Gasteiger partial charge in [-0.25, -0.2) is 4.98 Å². The summed E-state index contributed by atoms with van der Waals surface area (Å²) < 4.78 is 5.33. The second kappa shape index (κ2) is 3.80. The third-order valence-electron chi connectivity index (χ3n) is 2.45. The summed E-state index contributed by atoms with van der Waals surface area (Å²) >= 11 is 3.24. The molecule has 1 unspecified atom stereocenters. The zero-order valence-corrected chi connectivity index (χ0v) is 9.23. The van der Waals surface area contributed by atoms with Gasteiger partial charge in [-0.1, -0.05) is 6.42 Å². The average molecular weight is 245 g/mol. The van der Waals surface area contributed by atoms with Crippen molar-refractivity contribution in [1.29, 1.82) is 0 Å². The Morgan fingerprint density at radius 2 is 2.38 bits per heavy atom. The molecule has 2 heterocycles. The highest BCUT2D eigenvalue weighted by atomic mass is 79.9. The second-order valence-electron chi connectivity index (χ2n) is 3.41. The number of halogens is 1. The SMILES string of the molecule is Cc1oc(Br)nc1C1CCCCN1. The molecule has 1 aromatic heterocycles. The van der Waals surface area contributed by atoms with E-state index in [2.05, 4.69) is 26.2 Å². The van der Waals surface area contributed by atoms with E-state index in [-0.39, 0.29) is 0 Å². The van der Waals surface area contributed by atoms with Crippen LogP contribution in [0, 0.1) is 6.92 Å². The van der Waals surface area contributed by atoms with Crippen molar-refractivity contribution >= 4 is 15.9 Å². The molecular weight excluding hydrogens is 232 g/mol. The van der Waals surface area contributed by atoms with Gasteiger partial charge < -0.3 is 9.73 Å². The highest BCUT2D eigenvalue weighted by molar-refractivity contribution is 9.10. The normalized spacial score (nSPS) is 23.4. The molecule has 0 saturated carbocycles. The summed E-state index contributed by atoms with van der Waals surface area (Å²) in [7, 11) is 0. The average Bonchev–Trinajstić information content (AvgIpc) is 2.47. The minimum absolute atomic E-state index is 0.392. The first-order chi connectivity index (χ1) is 6.27. The van der Waals surface area contributed by atoms with E-state index in [1.807, 2.05) is 6.92 Å². The molecule has 1 saturated heterocycles. The number of hydrogen-bond acceptors (Lipinski definition) is 3. The van der Waals surface area contributed by atoms with Gasteiger partial charge in [-0.05, 0) is 26.3 Å². The number of nitrogens with zero attached hydrogens (tertiary/aromatic N) is 1. The molecule has 1 fully saturated rings. The Balaban J connectivity index is 2.18. The van der Waals surface area contributed by atoms with Crippen LogP contribution in [0.25, 0.3) is 0 Å². The van der Waals surface area contributed by atoms with Gasteiger partial charge in [-0.2, -0.15) is 0 Å². The third kappa shape index (κ3) is 1.94. The summed E-state index contributed by atoms with van der Waals surface area (Å²) in [6.07, 6.45) is 3.72. The molecule has 0 aliphatic carbocycles. The van der Waals surface area contributed by atoms with Crippen molar-refractivity contribution in [2.24, 2.45) is 0 Å². The standard InChI is InChI=1S/C9H13BrN2O/c1-6-8(12-9(10)13-6)7-4-2-3-5-11-7/h7,11H,2-5H2,1H3. The molecule has 1 aromatic rings. The number of rotatable bonds is 1. The summed E-state index contributed by atoms with van der Waals surface area (Å²) in [5.41, 5.74) is 1.06. The Labute approximate surface area is 86.0 Å². The minimum Gasteiger partial charge on any atom is -0.436 e. The maximum atomic E-state index is 5.33. The molecular formula is C9H13BrN2O. The lowest BCUT2D eigenvalue weighted by Crippen LogP contribution is -2.27. The molecule has 0 amide bonds. The van der Waals surface area contributed by atoms with Crippen LogP contribution in [0.2, 0.25) is 0 Å². The maximum Gasteiger partial charge on any atom is 0.264 e. The van der Waals surface area contributed by atoms with Gasteiger partial charge >= 0.3 is 0 Å². The zero-order valence-electron chi connectivity index (χ0n) is 7.64. The zero-order chi connectivity index (χ0) is 9.26. The number of aromatic nitrogens is 1. The first kappa shape index (κ1) is 9.21. The van der Waals surface area contributed by atoms with Gasteiger partial charge in [-0.3, -0.25) is 0 Å². The molecule has 1 atom stereocenters. The maximum absolute atomic E-state index is 5.33. The molecule has 13 heavy (non-hydrogen) atoms. The van der Waals surface area contributed by atoms with Crippen LogP contribution in [0.3, 0.4) is 0 Å². The summed E-state index contributed by atoms with van der Waals surface area (Å²) in [6.45, 7) is 3.05. The Kier molecular flexibility index (Phi) is 2.69. The van der Waals surface area contributed by atoms with E-state index in [0.29, 0.717) is 10.8 Å². The number of hydrogen-bond donors (Lipinski definition) is 1. The molecule has 0 bridgehead atoms. The van der Waals surface area contributed by atoms with Crippen molar-refractivity contribution in [1.82, 2.24) is 10.3 Å². The Bertz CT molecular complexity index is 292. The van der Waals surface area contributed by atoms with E-state index in [0.717, 1.165) is 18.0 Å². The van der Waals surface area contributed by atoms with Crippen LogP contribution in [0.5, 0.6) is 0 Å². The van der Waals surface area contributed by atoms with Gasteiger partial charge in [0.15, 0.2) is 0 Å². The largest absolute Gasteiger partial charge is 0.436 e. The molecule has 0 aromatic carbocycles. The highest BCUT2D eigenvalue weighted by Gasteiger charge is 2.20. The van der Waals surface area contributed by atoms with Crippen molar-refractivity contribution < 1.29 is 4.42 Å². The van der Waals surface area contributed by atoms with E-state index in [9.17, 15) is 0 Å². The molecule has 0 spiro atoms. The fourth-order valence-corrected chi connectivity index (χ4v) is 2.22. The van der Waals surface area contributed by atoms with Gasteiger partial charge in [0.2, 0.25) is 0 Å². The Morgan fingerprint density at radius 3 is 2.92 bits per heavy atom. The van der Waals surface area contributed by atoms with E-state index >= 15 is 0 Å². The Hall–Kier alpha value is -0.350. The second-order valence-corrected chi connectivity index (χ2v) is 4.09. The van der Waals surface area contributed by atoms with Crippen LogP contribution in [0.4, 0.5) is 0 Å². The van der Waals surface area contributed by atoms with Crippen molar-refractivity contribution in [3.63, 3.8) is 0 Å². The molecule has 4 heteroatoms. The lowest BCUT2D eigenvalue weighted by atomic mass is 10.0. The van der Waals surface area contributed by atoms with Crippen molar-refractivity contribution in [2.75, 3.05) is 6.54 Å². The summed E-state index contributed by atoms with van der Waals surface area (Å²) in [5.74, 6) is 0.922. The van der Waals surface area contributed by atoms with E-state index in [4.69, 9.17) is 4.42 Å². The predicted molar refractivity (Wildman–Crippen MR) is 53.5 cm³/mol. The lowest BCUT2D eigenvalue weighted by Gasteiger charge is -2.21. The summed E-state index contributed by atoms with van der Waals surface area (Å²) in [6, 6.07) is 0.392. The molecule has 72 valence electrons. The van der Waals surface area contributed by atoms with Crippen LogP contribution >= 0.6 is 15.9 Å². The quantitative estimate of drug-likeness (QED) is 0.826. The van der Waals surface area contributed by atoms with Crippen molar-refractivity contribution in [2.45, 2.75) is 32.2 Å². The first-order valence-electron chi connectivity index (χ1n) is 4.63. The van der Waals surface area contributed by atoms with Gasteiger partial charge in [0, 0.05) is 15.9 Å². The van der Waals surface area contributed by atoms with Crippen LogP contribution in [-0.4, -0.2) is 11.5 Å². The number of oxazole rings is 1. The lowest BCUT2D eigenvalue weighted by molar-refractivity contribution is 0.400. The van der Waals surface area contributed by atoms with E-state index < -0.39 is 0 Å². The monoisotopic (exact) mass is 244 g/mol. The van der Waals surface area contributed by atoms with Crippen LogP contribution < -0.4 is 5.32 Å². The predicted octanol–water partition coefficient (Wildman–Crippen LogP) is 2.56. The highest BCUT2D eigenvalue weighted by Crippen LogP contribution is 2.26. The fourth-order valence-electron chi connectivity index (χ4n) is 1.78. The van der Waals surface area contributed by atoms with E-state index in [1.54, 1.807) is 0 Å². The smallest absolute Gasteiger partial charge is 0.264 e. The van der Waals surface area contributed by atoms with Crippen molar-refractivity contribution in [3.8, 4) is 0 Å². The molecule has 3 nitrogen and oxygen atoms in total.